The maximum atomic E-state index is 12.2. The number of carbonyl (C=O) groups excluding carboxylic acids is 1. The molecule has 0 bridgehead atoms. The van der Waals surface area contributed by atoms with Gasteiger partial charge in [0.2, 0.25) is 5.91 Å². The van der Waals surface area contributed by atoms with Crippen LogP contribution >= 0.6 is 0 Å². The molecule has 1 amide bonds. The summed E-state index contributed by atoms with van der Waals surface area (Å²) in [6.45, 7) is 7.27. The van der Waals surface area contributed by atoms with Gasteiger partial charge in [-0.3, -0.25) is 4.79 Å². The summed E-state index contributed by atoms with van der Waals surface area (Å²) < 4.78 is 5.65. The molecule has 1 aliphatic heterocycles. The first-order valence-electron chi connectivity index (χ1n) is 7.40. The molecule has 0 spiro atoms. The van der Waals surface area contributed by atoms with Crippen LogP contribution in [0.3, 0.4) is 0 Å². The van der Waals surface area contributed by atoms with E-state index >= 15 is 0 Å². The van der Waals surface area contributed by atoms with E-state index in [9.17, 15) is 4.79 Å². The van der Waals surface area contributed by atoms with Crippen LogP contribution < -0.4 is 10.1 Å². The summed E-state index contributed by atoms with van der Waals surface area (Å²) in [5, 5.41) is 3.22. The van der Waals surface area contributed by atoms with Gasteiger partial charge in [0.25, 0.3) is 0 Å². The number of benzene rings is 1. The van der Waals surface area contributed by atoms with Gasteiger partial charge in [-0.15, -0.1) is 0 Å². The summed E-state index contributed by atoms with van der Waals surface area (Å²) in [5.74, 6) is 1.04. The highest BCUT2D eigenvalue weighted by atomic mass is 16.5. The standard InChI is InChI=1S/C16H24N2O2/c1-3-8-18(14-11-17-12-14)16(19)7-9-20-15-6-4-5-13(2)10-15/h4-6,10,14,17H,3,7-9,11-12H2,1-2H3. The number of nitrogens with one attached hydrogen (secondary N) is 1. The van der Waals surface area contributed by atoms with E-state index in [-0.39, 0.29) is 5.91 Å². The van der Waals surface area contributed by atoms with Crippen LogP contribution in [0.4, 0.5) is 0 Å². The van der Waals surface area contributed by atoms with Crippen molar-refractivity contribution in [1.82, 2.24) is 10.2 Å². The van der Waals surface area contributed by atoms with Gasteiger partial charge in [0.05, 0.1) is 19.1 Å². The monoisotopic (exact) mass is 276 g/mol. The third-order valence-electron chi connectivity index (χ3n) is 3.56. The summed E-state index contributed by atoms with van der Waals surface area (Å²) in [4.78, 5) is 14.2. The Morgan fingerprint density at radius 2 is 2.25 bits per heavy atom. The van der Waals surface area contributed by atoms with E-state index in [2.05, 4.69) is 12.2 Å². The highest BCUT2D eigenvalue weighted by Crippen LogP contribution is 2.13. The molecular formula is C16H24N2O2. The van der Waals surface area contributed by atoms with Crippen molar-refractivity contribution >= 4 is 5.91 Å². The fourth-order valence-corrected chi connectivity index (χ4v) is 2.35. The molecule has 0 saturated carbocycles. The SMILES string of the molecule is CCCN(C(=O)CCOc1cccc(C)c1)C1CNC1. The molecule has 4 nitrogen and oxygen atoms in total. The largest absolute Gasteiger partial charge is 0.493 e. The molecule has 1 N–H and O–H groups in total. The zero-order valence-corrected chi connectivity index (χ0v) is 12.4. The van der Waals surface area contributed by atoms with Gasteiger partial charge in [-0.25, -0.2) is 0 Å². The molecule has 1 heterocycles. The van der Waals surface area contributed by atoms with Crippen molar-refractivity contribution in [3.05, 3.63) is 29.8 Å². The topological polar surface area (TPSA) is 41.6 Å². The number of carbonyl (C=O) groups is 1. The third kappa shape index (κ3) is 3.97. The molecule has 1 aliphatic rings. The molecule has 4 heteroatoms. The van der Waals surface area contributed by atoms with Crippen LogP contribution in [0.1, 0.15) is 25.3 Å². The van der Waals surface area contributed by atoms with E-state index in [1.807, 2.05) is 36.1 Å². The summed E-state index contributed by atoms with van der Waals surface area (Å²) in [6, 6.07) is 8.29. The molecule has 0 atom stereocenters. The van der Waals surface area contributed by atoms with Gasteiger partial charge in [-0.2, -0.15) is 0 Å². The van der Waals surface area contributed by atoms with Crippen molar-refractivity contribution in [3.8, 4) is 5.75 Å². The molecule has 2 rings (SSSR count). The summed E-state index contributed by atoms with van der Waals surface area (Å²) in [7, 11) is 0. The lowest BCUT2D eigenvalue weighted by Crippen LogP contribution is -2.59. The van der Waals surface area contributed by atoms with Crippen molar-refractivity contribution in [3.63, 3.8) is 0 Å². The third-order valence-corrected chi connectivity index (χ3v) is 3.56. The fourth-order valence-electron chi connectivity index (χ4n) is 2.35. The minimum atomic E-state index is 0.200. The minimum Gasteiger partial charge on any atom is -0.493 e. The first kappa shape index (κ1) is 14.9. The molecule has 20 heavy (non-hydrogen) atoms. The Morgan fingerprint density at radius 3 is 2.85 bits per heavy atom. The van der Waals surface area contributed by atoms with Crippen LogP contribution in [-0.2, 0) is 4.79 Å². The van der Waals surface area contributed by atoms with Crippen LogP contribution in [-0.4, -0.2) is 43.1 Å². The minimum absolute atomic E-state index is 0.200. The molecule has 0 unspecified atom stereocenters. The van der Waals surface area contributed by atoms with Crippen molar-refractivity contribution in [2.45, 2.75) is 32.7 Å². The fraction of sp³-hybridized carbons (Fsp3) is 0.562. The lowest BCUT2D eigenvalue weighted by atomic mass is 10.1. The molecule has 0 aromatic heterocycles. The second-order valence-corrected chi connectivity index (χ2v) is 5.31. The number of ether oxygens (including phenoxy) is 1. The molecular weight excluding hydrogens is 252 g/mol. The molecule has 1 saturated heterocycles. The number of aryl methyl sites for hydroxylation is 1. The van der Waals surface area contributed by atoms with Crippen molar-refractivity contribution in [1.29, 1.82) is 0 Å². The quantitative estimate of drug-likeness (QED) is 0.828. The average Bonchev–Trinajstić information content (AvgIpc) is 2.36. The first-order valence-corrected chi connectivity index (χ1v) is 7.40. The number of rotatable bonds is 7. The Labute approximate surface area is 121 Å². The Balaban J connectivity index is 1.78. The maximum absolute atomic E-state index is 12.2. The van der Waals surface area contributed by atoms with Crippen molar-refractivity contribution in [2.75, 3.05) is 26.2 Å². The zero-order chi connectivity index (χ0) is 14.4. The second-order valence-electron chi connectivity index (χ2n) is 5.31. The van der Waals surface area contributed by atoms with E-state index < -0.39 is 0 Å². The van der Waals surface area contributed by atoms with Gasteiger partial charge in [0, 0.05) is 19.6 Å². The first-order chi connectivity index (χ1) is 9.70. The van der Waals surface area contributed by atoms with Gasteiger partial charge >= 0.3 is 0 Å². The average molecular weight is 276 g/mol. The molecule has 1 fully saturated rings. The van der Waals surface area contributed by atoms with Gasteiger partial charge in [0.15, 0.2) is 0 Å². The highest BCUT2D eigenvalue weighted by Gasteiger charge is 2.27. The lowest BCUT2D eigenvalue weighted by Gasteiger charge is -2.38. The van der Waals surface area contributed by atoms with E-state index in [0.29, 0.717) is 19.1 Å². The van der Waals surface area contributed by atoms with Crippen LogP contribution in [0, 0.1) is 6.92 Å². The predicted octanol–water partition coefficient (Wildman–Crippen LogP) is 1.97. The van der Waals surface area contributed by atoms with E-state index in [0.717, 1.165) is 31.8 Å². The zero-order valence-electron chi connectivity index (χ0n) is 12.4. The van der Waals surface area contributed by atoms with Crippen LogP contribution in [0.5, 0.6) is 5.75 Å². The van der Waals surface area contributed by atoms with E-state index in [1.54, 1.807) is 0 Å². The highest BCUT2D eigenvalue weighted by molar-refractivity contribution is 5.76. The number of nitrogens with zero attached hydrogens (tertiary/aromatic N) is 1. The number of hydrogen-bond donors (Lipinski definition) is 1. The van der Waals surface area contributed by atoms with Gasteiger partial charge in [0.1, 0.15) is 5.75 Å². The second kappa shape index (κ2) is 7.29. The summed E-state index contributed by atoms with van der Waals surface area (Å²) >= 11 is 0. The molecule has 0 aliphatic carbocycles. The van der Waals surface area contributed by atoms with Gasteiger partial charge in [-0.1, -0.05) is 19.1 Å². The molecule has 0 radical (unpaired) electrons. The Morgan fingerprint density at radius 1 is 1.45 bits per heavy atom. The Kier molecular flexibility index (Phi) is 5.41. The molecule has 1 aromatic rings. The predicted molar refractivity (Wildman–Crippen MR) is 80.0 cm³/mol. The molecule has 110 valence electrons. The van der Waals surface area contributed by atoms with Crippen molar-refractivity contribution < 1.29 is 9.53 Å². The van der Waals surface area contributed by atoms with E-state index in [1.165, 1.54) is 5.56 Å². The van der Waals surface area contributed by atoms with Crippen LogP contribution in [0.15, 0.2) is 24.3 Å². The normalized spacial score (nSPS) is 14.7. The van der Waals surface area contributed by atoms with Crippen LogP contribution in [0.25, 0.3) is 0 Å². The van der Waals surface area contributed by atoms with Crippen LogP contribution in [0.2, 0.25) is 0 Å². The van der Waals surface area contributed by atoms with Gasteiger partial charge < -0.3 is 15.0 Å². The maximum Gasteiger partial charge on any atom is 0.226 e. The number of amides is 1. The van der Waals surface area contributed by atoms with Gasteiger partial charge in [-0.05, 0) is 31.0 Å². The Hall–Kier alpha value is -1.55. The van der Waals surface area contributed by atoms with E-state index in [4.69, 9.17) is 4.74 Å². The summed E-state index contributed by atoms with van der Waals surface area (Å²) in [6.07, 6.45) is 1.45. The van der Waals surface area contributed by atoms with Crippen molar-refractivity contribution in [2.24, 2.45) is 0 Å². The lowest BCUT2D eigenvalue weighted by molar-refractivity contribution is -0.135. The smallest absolute Gasteiger partial charge is 0.226 e. The number of hydrogen-bond acceptors (Lipinski definition) is 3. The molecule has 1 aromatic carbocycles. The Bertz CT molecular complexity index is 444. The summed E-state index contributed by atoms with van der Waals surface area (Å²) in [5.41, 5.74) is 1.17.